The topological polar surface area (TPSA) is 138 Å². The molecule has 0 radical (unpaired) electrons. The first-order chi connectivity index (χ1) is 16.9. The molecule has 12 heteroatoms. The van der Waals surface area contributed by atoms with Crippen LogP contribution in [0, 0.1) is 5.92 Å². The Hall–Kier alpha value is -4.19. The minimum Gasteiger partial charge on any atom is -0.376 e. The Morgan fingerprint density at radius 3 is 2.89 bits per heavy atom. The van der Waals surface area contributed by atoms with E-state index >= 15 is 0 Å². The molecule has 35 heavy (non-hydrogen) atoms. The Balaban J connectivity index is 1.41. The summed E-state index contributed by atoms with van der Waals surface area (Å²) in [6, 6.07) is 7.19. The summed E-state index contributed by atoms with van der Waals surface area (Å²) in [5.41, 5.74) is 7.01. The van der Waals surface area contributed by atoms with Gasteiger partial charge in [0.1, 0.15) is 11.4 Å². The van der Waals surface area contributed by atoms with E-state index in [1.165, 1.54) is 15.3 Å². The number of amides is 1. The van der Waals surface area contributed by atoms with E-state index in [4.69, 9.17) is 10.5 Å². The Morgan fingerprint density at radius 2 is 2.14 bits per heavy atom. The highest BCUT2D eigenvalue weighted by Crippen LogP contribution is 2.43. The second kappa shape index (κ2) is 7.94. The molecule has 3 N–H and O–H groups in total. The Bertz CT molecular complexity index is 1500. The van der Waals surface area contributed by atoms with Crippen LogP contribution < -0.4 is 21.5 Å². The van der Waals surface area contributed by atoms with Gasteiger partial charge in [-0.2, -0.15) is 5.10 Å². The van der Waals surface area contributed by atoms with Crippen molar-refractivity contribution >= 4 is 28.7 Å². The molecule has 0 bridgehead atoms. The second-order valence-electron chi connectivity index (χ2n) is 9.03. The Morgan fingerprint density at radius 1 is 1.29 bits per heavy atom. The van der Waals surface area contributed by atoms with Gasteiger partial charge in [-0.3, -0.25) is 18.8 Å². The summed E-state index contributed by atoms with van der Waals surface area (Å²) in [6.07, 6.45) is 7.12. The third kappa shape index (κ3) is 3.44. The minimum absolute atomic E-state index is 0.154. The van der Waals surface area contributed by atoms with E-state index in [-0.39, 0.29) is 23.4 Å². The van der Waals surface area contributed by atoms with Crippen LogP contribution in [0.25, 0.3) is 11.5 Å². The van der Waals surface area contributed by atoms with Gasteiger partial charge < -0.3 is 20.7 Å². The fourth-order valence-corrected chi connectivity index (χ4v) is 5.02. The molecule has 3 unspecified atom stereocenters. The molecule has 180 valence electrons. The smallest absolute Gasteiger partial charge is 0.280 e. The van der Waals surface area contributed by atoms with Gasteiger partial charge in [0.05, 0.1) is 24.0 Å². The first-order valence-corrected chi connectivity index (χ1v) is 11.4. The largest absolute Gasteiger partial charge is 0.376 e. The van der Waals surface area contributed by atoms with Crippen molar-refractivity contribution in [1.82, 2.24) is 28.9 Å². The summed E-state index contributed by atoms with van der Waals surface area (Å²) >= 11 is 0. The van der Waals surface area contributed by atoms with E-state index in [0.717, 1.165) is 25.1 Å². The number of imidazole rings is 1. The zero-order valence-corrected chi connectivity index (χ0v) is 19.3. The SMILES string of the molecule is CN(c1cc(Nc2cccn(-c3ccn(C)n3)c2=O)nn2c(C(N)=O)cnc12)C1CC2CCOC21. The second-order valence-corrected chi connectivity index (χ2v) is 9.03. The average Bonchev–Trinajstić information content (AvgIpc) is 3.53. The van der Waals surface area contributed by atoms with Gasteiger partial charge in [0.2, 0.25) is 0 Å². The monoisotopic (exact) mass is 475 g/mol. The summed E-state index contributed by atoms with van der Waals surface area (Å²) < 4.78 is 10.4. The lowest BCUT2D eigenvalue weighted by Gasteiger charge is -2.45. The molecule has 1 saturated heterocycles. The molecule has 12 nitrogen and oxygen atoms in total. The van der Waals surface area contributed by atoms with Crippen molar-refractivity contribution in [1.29, 1.82) is 0 Å². The third-order valence-corrected chi connectivity index (χ3v) is 6.92. The van der Waals surface area contributed by atoms with Crippen LogP contribution in [-0.2, 0) is 11.8 Å². The maximum absolute atomic E-state index is 13.2. The first kappa shape index (κ1) is 21.4. The van der Waals surface area contributed by atoms with Crippen molar-refractivity contribution in [2.75, 3.05) is 23.9 Å². The fraction of sp³-hybridized carbons (Fsp3) is 0.348. The van der Waals surface area contributed by atoms with Crippen molar-refractivity contribution in [3.8, 4) is 5.82 Å². The summed E-state index contributed by atoms with van der Waals surface area (Å²) in [7, 11) is 3.77. The first-order valence-electron chi connectivity index (χ1n) is 11.4. The number of anilines is 3. The van der Waals surface area contributed by atoms with Crippen molar-refractivity contribution in [2.24, 2.45) is 18.7 Å². The van der Waals surface area contributed by atoms with Crippen LogP contribution in [0.1, 0.15) is 23.3 Å². The van der Waals surface area contributed by atoms with E-state index in [1.54, 1.807) is 42.3 Å². The number of primary amides is 1. The summed E-state index contributed by atoms with van der Waals surface area (Å²) in [4.78, 5) is 31.8. The summed E-state index contributed by atoms with van der Waals surface area (Å²) in [5, 5.41) is 12.0. The number of nitrogens with zero attached hydrogens (tertiary/aromatic N) is 7. The lowest BCUT2D eigenvalue weighted by molar-refractivity contribution is 0.0116. The van der Waals surface area contributed by atoms with Gasteiger partial charge in [-0.05, 0) is 30.9 Å². The Kier molecular flexibility index (Phi) is 4.85. The van der Waals surface area contributed by atoms with E-state index in [9.17, 15) is 9.59 Å². The Labute approximate surface area is 199 Å². The van der Waals surface area contributed by atoms with E-state index in [0.29, 0.717) is 28.9 Å². The quantitative estimate of drug-likeness (QED) is 0.422. The highest BCUT2D eigenvalue weighted by Gasteiger charge is 2.47. The van der Waals surface area contributed by atoms with Gasteiger partial charge in [0, 0.05) is 45.2 Å². The maximum Gasteiger partial charge on any atom is 0.280 e. The van der Waals surface area contributed by atoms with Crippen LogP contribution in [0.2, 0.25) is 0 Å². The molecule has 4 aromatic rings. The molecule has 5 heterocycles. The fourth-order valence-electron chi connectivity index (χ4n) is 5.02. The average molecular weight is 476 g/mol. The van der Waals surface area contributed by atoms with E-state index in [1.807, 2.05) is 13.1 Å². The van der Waals surface area contributed by atoms with Crippen molar-refractivity contribution in [3.05, 3.63) is 58.9 Å². The van der Waals surface area contributed by atoms with Gasteiger partial charge >= 0.3 is 0 Å². The number of aryl methyl sites for hydroxylation is 1. The molecule has 1 aliphatic carbocycles. The van der Waals surface area contributed by atoms with Crippen LogP contribution in [0.15, 0.2) is 47.7 Å². The van der Waals surface area contributed by atoms with Crippen LogP contribution >= 0.6 is 0 Å². The molecule has 2 aliphatic rings. The standard InChI is InChI=1S/C23H25N9O3/c1-29-8-5-19(28-29)31-7-3-4-14(23(31)34)26-18-11-16(22-25-12-17(21(24)33)32(22)27-18)30(2)15-10-13-6-9-35-20(13)15/h3-5,7-8,11-13,15,20H,6,9-10H2,1-2H3,(H2,24,33)(H,26,27). The zero-order chi connectivity index (χ0) is 24.3. The van der Waals surface area contributed by atoms with Crippen LogP contribution in [0.3, 0.4) is 0 Å². The van der Waals surface area contributed by atoms with Gasteiger partial charge in [0.25, 0.3) is 11.5 Å². The summed E-state index contributed by atoms with van der Waals surface area (Å²) in [5.74, 6) is 0.815. The van der Waals surface area contributed by atoms with Gasteiger partial charge in [0.15, 0.2) is 17.3 Å². The van der Waals surface area contributed by atoms with Gasteiger partial charge in [-0.1, -0.05) is 0 Å². The van der Waals surface area contributed by atoms with Crippen LogP contribution in [-0.4, -0.2) is 60.7 Å². The number of carbonyl (C=O) groups is 1. The van der Waals surface area contributed by atoms with Crippen molar-refractivity contribution in [2.45, 2.75) is 25.0 Å². The molecule has 4 aromatic heterocycles. The number of aromatic nitrogens is 6. The minimum atomic E-state index is -0.643. The molecule has 1 amide bonds. The number of rotatable bonds is 6. The molecule has 1 saturated carbocycles. The maximum atomic E-state index is 13.2. The molecular formula is C23H25N9O3. The highest BCUT2D eigenvalue weighted by molar-refractivity contribution is 5.92. The predicted octanol–water partition coefficient (Wildman–Crippen LogP) is 1.07. The van der Waals surface area contributed by atoms with Gasteiger partial charge in [-0.15, -0.1) is 5.10 Å². The number of hydrogen-bond donors (Lipinski definition) is 2. The highest BCUT2D eigenvalue weighted by atomic mass is 16.5. The number of fused-ring (bicyclic) bond motifs is 2. The molecule has 0 aromatic carbocycles. The van der Waals surface area contributed by atoms with Crippen molar-refractivity contribution < 1.29 is 9.53 Å². The lowest BCUT2D eigenvalue weighted by atomic mass is 9.76. The number of likely N-dealkylation sites (N-methyl/N-ethyl adjacent to an activating group) is 1. The number of carbonyl (C=O) groups excluding carboxylic acids is 1. The zero-order valence-electron chi connectivity index (χ0n) is 19.3. The number of pyridine rings is 1. The molecular weight excluding hydrogens is 450 g/mol. The van der Waals surface area contributed by atoms with Crippen LogP contribution in [0.4, 0.5) is 17.2 Å². The molecule has 0 spiro atoms. The number of ether oxygens (including phenoxy) is 1. The number of hydrogen-bond acceptors (Lipinski definition) is 8. The van der Waals surface area contributed by atoms with Gasteiger partial charge in [-0.25, -0.2) is 9.50 Å². The molecule has 2 fully saturated rings. The van der Waals surface area contributed by atoms with Crippen LogP contribution in [0.5, 0.6) is 0 Å². The molecule has 3 atom stereocenters. The third-order valence-electron chi connectivity index (χ3n) is 6.92. The molecule has 1 aliphatic heterocycles. The summed E-state index contributed by atoms with van der Waals surface area (Å²) in [6.45, 7) is 0.782. The normalized spacial score (nSPS) is 21.0. The lowest BCUT2D eigenvalue weighted by Crippen LogP contribution is -2.53. The van der Waals surface area contributed by atoms with E-state index in [2.05, 4.69) is 25.4 Å². The van der Waals surface area contributed by atoms with E-state index < -0.39 is 5.91 Å². The van der Waals surface area contributed by atoms with Crippen molar-refractivity contribution in [3.63, 3.8) is 0 Å². The predicted molar refractivity (Wildman–Crippen MR) is 128 cm³/mol. The number of nitrogens with one attached hydrogen (secondary N) is 1. The molecule has 6 rings (SSSR count). The number of nitrogens with two attached hydrogens (primary N) is 1.